The monoisotopic (exact) mass is 333 g/mol. The van der Waals surface area contributed by atoms with E-state index in [1.165, 1.54) is 14.0 Å². The highest BCUT2D eigenvalue weighted by Gasteiger charge is 2.29. The number of carbonyl (C=O) groups is 1. The molecule has 0 fully saturated rings. The molecule has 21 heavy (non-hydrogen) atoms. The lowest BCUT2D eigenvalue weighted by atomic mass is 10.1. The molecule has 0 radical (unpaired) electrons. The van der Waals surface area contributed by atoms with Crippen LogP contribution < -0.4 is 10.1 Å². The number of sulfone groups is 1. The Balaban J connectivity index is 2.35. The van der Waals surface area contributed by atoms with Crippen LogP contribution >= 0.6 is 11.6 Å². The summed E-state index contributed by atoms with van der Waals surface area (Å²) in [6.45, 7) is 1.73. The van der Waals surface area contributed by atoms with E-state index in [0.717, 1.165) is 0 Å². The molecule has 0 spiro atoms. The minimum absolute atomic E-state index is 0.0622. The lowest BCUT2D eigenvalue weighted by Gasteiger charge is -2.21. The van der Waals surface area contributed by atoms with E-state index >= 15 is 0 Å². The molecule has 2 rings (SSSR count). The van der Waals surface area contributed by atoms with Crippen molar-refractivity contribution in [2.45, 2.75) is 24.5 Å². The highest BCUT2D eigenvalue weighted by molar-refractivity contribution is 7.92. The Morgan fingerprint density at radius 3 is 2.86 bits per heavy atom. The van der Waals surface area contributed by atoms with E-state index in [1.807, 2.05) is 0 Å². The van der Waals surface area contributed by atoms with Gasteiger partial charge in [-0.05, 0) is 19.1 Å². The molecule has 0 aliphatic carbocycles. The average Bonchev–Trinajstić information content (AvgIpc) is 2.45. The lowest BCUT2D eigenvalue weighted by Crippen LogP contribution is -2.36. The van der Waals surface area contributed by atoms with E-state index in [4.69, 9.17) is 21.1 Å². The normalized spacial score (nSPS) is 15.8. The Morgan fingerprint density at radius 1 is 1.48 bits per heavy atom. The number of ether oxygens (including phenoxy) is 2. The number of nitrogens with one attached hydrogen (secondary N) is 1. The van der Waals surface area contributed by atoms with Crippen LogP contribution in [0.4, 0.5) is 0 Å². The SMILES string of the molecule is CNC(=O)C(C)S(=O)(=O)Cc1cc(Cl)cc2c1OCOC2. The largest absolute Gasteiger partial charge is 0.467 e. The third-order valence-electron chi connectivity index (χ3n) is 3.26. The number of carbonyl (C=O) groups excluding carboxylic acids is 1. The van der Waals surface area contributed by atoms with Crippen LogP contribution in [-0.4, -0.2) is 33.4 Å². The minimum atomic E-state index is -3.67. The number of halogens is 1. The van der Waals surface area contributed by atoms with Crippen molar-refractivity contribution in [1.29, 1.82) is 0 Å². The molecule has 116 valence electrons. The molecule has 0 bridgehead atoms. The van der Waals surface area contributed by atoms with Crippen LogP contribution in [0, 0.1) is 0 Å². The molecule has 1 heterocycles. The van der Waals surface area contributed by atoms with Crippen molar-refractivity contribution in [2.75, 3.05) is 13.8 Å². The van der Waals surface area contributed by atoms with Crippen LogP contribution in [0.2, 0.25) is 5.02 Å². The fraction of sp³-hybridized carbons (Fsp3) is 0.462. The standard InChI is InChI=1S/C13H16ClNO5S/c1-8(13(16)15-2)21(17,18)6-10-4-11(14)3-9-5-19-7-20-12(9)10/h3-4,8H,5-7H2,1-2H3,(H,15,16). The van der Waals surface area contributed by atoms with E-state index in [-0.39, 0.29) is 12.5 Å². The van der Waals surface area contributed by atoms with E-state index in [1.54, 1.807) is 12.1 Å². The third-order valence-corrected chi connectivity index (χ3v) is 5.49. The van der Waals surface area contributed by atoms with Gasteiger partial charge in [0, 0.05) is 23.2 Å². The van der Waals surface area contributed by atoms with Gasteiger partial charge in [0.05, 0.1) is 12.4 Å². The van der Waals surface area contributed by atoms with Gasteiger partial charge >= 0.3 is 0 Å². The van der Waals surface area contributed by atoms with Crippen LogP contribution in [0.5, 0.6) is 5.75 Å². The predicted molar refractivity (Wildman–Crippen MR) is 77.9 cm³/mol. The molecular formula is C13H16ClNO5S. The minimum Gasteiger partial charge on any atom is -0.467 e. The number of fused-ring (bicyclic) bond motifs is 1. The highest BCUT2D eigenvalue weighted by Crippen LogP contribution is 2.33. The molecular weight excluding hydrogens is 318 g/mol. The van der Waals surface area contributed by atoms with E-state index in [9.17, 15) is 13.2 Å². The zero-order chi connectivity index (χ0) is 15.6. The van der Waals surface area contributed by atoms with Gasteiger partial charge < -0.3 is 14.8 Å². The van der Waals surface area contributed by atoms with Crippen LogP contribution in [0.15, 0.2) is 12.1 Å². The van der Waals surface area contributed by atoms with Crippen molar-refractivity contribution in [2.24, 2.45) is 0 Å². The van der Waals surface area contributed by atoms with Crippen molar-refractivity contribution in [3.05, 3.63) is 28.3 Å². The fourth-order valence-corrected chi connectivity index (χ4v) is 3.68. The van der Waals surface area contributed by atoms with E-state index < -0.39 is 21.0 Å². The summed E-state index contributed by atoms with van der Waals surface area (Å²) in [5, 5.41) is 1.60. The summed E-state index contributed by atoms with van der Waals surface area (Å²) >= 11 is 5.99. The summed E-state index contributed by atoms with van der Waals surface area (Å²) in [6.07, 6.45) is 0. The first-order chi connectivity index (χ1) is 9.85. The van der Waals surface area contributed by atoms with Crippen LogP contribution in [-0.2, 0) is 31.7 Å². The molecule has 8 heteroatoms. The van der Waals surface area contributed by atoms with E-state index in [2.05, 4.69) is 5.32 Å². The van der Waals surface area contributed by atoms with Crippen molar-refractivity contribution >= 4 is 27.3 Å². The first kappa shape index (κ1) is 16.1. The molecule has 1 aromatic rings. The maximum absolute atomic E-state index is 12.3. The molecule has 1 unspecified atom stereocenters. The highest BCUT2D eigenvalue weighted by atomic mass is 35.5. The summed E-state index contributed by atoms with van der Waals surface area (Å²) in [6, 6.07) is 3.22. The van der Waals surface area contributed by atoms with Gasteiger partial charge in [-0.2, -0.15) is 0 Å². The van der Waals surface area contributed by atoms with Gasteiger partial charge in [0.2, 0.25) is 5.91 Å². The zero-order valence-electron chi connectivity index (χ0n) is 11.7. The maximum atomic E-state index is 12.3. The van der Waals surface area contributed by atoms with Gasteiger partial charge in [-0.1, -0.05) is 11.6 Å². The fourth-order valence-electron chi connectivity index (χ4n) is 2.07. The second kappa shape index (κ2) is 6.21. The molecule has 1 N–H and O–H groups in total. The number of amides is 1. The van der Waals surface area contributed by atoms with E-state index in [0.29, 0.717) is 28.5 Å². The van der Waals surface area contributed by atoms with Crippen LogP contribution in [0.3, 0.4) is 0 Å². The summed E-state index contributed by atoms with van der Waals surface area (Å²) < 4.78 is 35.1. The lowest BCUT2D eigenvalue weighted by molar-refractivity contribution is -0.119. The van der Waals surface area contributed by atoms with Crippen molar-refractivity contribution < 1.29 is 22.7 Å². The molecule has 1 aromatic carbocycles. The molecule has 1 amide bonds. The van der Waals surface area contributed by atoms with Gasteiger partial charge in [-0.15, -0.1) is 0 Å². The molecule has 1 aliphatic heterocycles. The van der Waals surface area contributed by atoms with Gasteiger partial charge in [0.25, 0.3) is 0 Å². The number of benzene rings is 1. The molecule has 0 aromatic heterocycles. The zero-order valence-corrected chi connectivity index (χ0v) is 13.3. The molecule has 0 saturated carbocycles. The van der Waals surface area contributed by atoms with Crippen molar-refractivity contribution in [3.8, 4) is 5.75 Å². The average molecular weight is 334 g/mol. The Bertz CT molecular complexity index is 659. The maximum Gasteiger partial charge on any atom is 0.237 e. The second-order valence-electron chi connectivity index (χ2n) is 4.73. The number of hydrogen-bond acceptors (Lipinski definition) is 5. The van der Waals surface area contributed by atoms with Gasteiger partial charge in [0.1, 0.15) is 11.0 Å². The molecule has 0 saturated heterocycles. The Hall–Kier alpha value is -1.31. The summed E-state index contributed by atoms with van der Waals surface area (Å²) in [5.41, 5.74) is 1.14. The topological polar surface area (TPSA) is 81.7 Å². The molecule has 1 aliphatic rings. The predicted octanol–water partition coefficient (Wildman–Crippen LogP) is 1.26. The van der Waals surface area contributed by atoms with Crippen molar-refractivity contribution in [1.82, 2.24) is 5.32 Å². The summed E-state index contributed by atoms with van der Waals surface area (Å²) in [4.78, 5) is 11.5. The second-order valence-corrected chi connectivity index (χ2v) is 7.49. The first-order valence-corrected chi connectivity index (χ1v) is 8.39. The number of rotatable bonds is 4. The molecule has 1 atom stereocenters. The summed E-state index contributed by atoms with van der Waals surface area (Å²) in [7, 11) is -2.27. The summed E-state index contributed by atoms with van der Waals surface area (Å²) in [5.74, 6) is -0.390. The number of hydrogen-bond donors (Lipinski definition) is 1. The Labute approximate surface area is 128 Å². The quantitative estimate of drug-likeness (QED) is 0.897. The third kappa shape index (κ3) is 3.48. The van der Waals surface area contributed by atoms with Gasteiger partial charge in [-0.25, -0.2) is 8.42 Å². The van der Waals surface area contributed by atoms with Gasteiger partial charge in [0.15, 0.2) is 16.6 Å². The Kier molecular flexibility index (Phi) is 4.75. The van der Waals surface area contributed by atoms with Crippen molar-refractivity contribution in [3.63, 3.8) is 0 Å². The smallest absolute Gasteiger partial charge is 0.237 e. The van der Waals surface area contributed by atoms with Gasteiger partial charge in [-0.3, -0.25) is 4.79 Å². The molecule has 6 nitrogen and oxygen atoms in total. The Morgan fingerprint density at radius 2 is 2.19 bits per heavy atom. The van der Waals surface area contributed by atoms with Crippen LogP contribution in [0.1, 0.15) is 18.1 Å². The first-order valence-electron chi connectivity index (χ1n) is 6.30. The van der Waals surface area contributed by atoms with Crippen LogP contribution in [0.25, 0.3) is 0 Å².